The van der Waals surface area contributed by atoms with Gasteiger partial charge in [0.05, 0.1) is 5.69 Å². The lowest BCUT2D eigenvalue weighted by Gasteiger charge is -2.20. The monoisotopic (exact) mass is 351 g/mol. The molecule has 1 aliphatic rings. The number of imidazole rings is 1. The fourth-order valence-corrected chi connectivity index (χ4v) is 3.49. The lowest BCUT2D eigenvalue weighted by atomic mass is 10.2. The standard InChI is InChI=1S/C20H25N5O/c1-16-12-18(23-26-16)14-24-8-5-9-25(11-10-24)15-19-13-21-20(22-19)17-6-3-2-4-7-17/h2-4,6-7,12-13H,5,8-11,14-15H2,1H3,(H,21,22). The van der Waals surface area contributed by atoms with Gasteiger partial charge in [0.25, 0.3) is 0 Å². The smallest absolute Gasteiger partial charge is 0.137 e. The summed E-state index contributed by atoms with van der Waals surface area (Å²) in [4.78, 5) is 13.0. The van der Waals surface area contributed by atoms with Crippen molar-refractivity contribution in [2.75, 3.05) is 26.2 Å². The van der Waals surface area contributed by atoms with Gasteiger partial charge in [0.1, 0.15) is 11.6 Å². The number of aromatic nitrogens is 3. The summed E-state index contributed by atoms with van der Waals surface area (Å²) in [6.07, 6.45) is 3.12. The van der Waals surface area contributed by atoms with E-state index in [1.165, 1.54) is 5.69 Å². The molecule has 1 fully saturated rings. The van der Waals surface area contributed by atoms with E-state index in [0.717, 1.165) is 68.5 Å². The lowest BCUT2D eigenvalue weighted by Crippen LogP contribution is -2.30. The summed E-state index contributed by atoms with van der Waals surface area (Å²) in [6.45, 7) is 8.02. The normalized spacial score (nSPS) is 16.7. The number of benzene rings is 1. The Morgan fingerprint density at radius 3 is 2.54 bits per heavy atom. The van der Waals surface area contributed by atoms with Crippen LogP contribution in [0.1, 0.15) is 23.6 Å². The first-order valence-electron chi connectivity index (χ1n) is 9.22. The highest BCUT2D eigenvalue weighted by Crippen LogP contribution is 2.16. The van der Waals surface area contributed by atoms with Gasteiger partial charge in [0.2, 0.25) is 0 Å². The zero-order valence-electron chi connectivity index (χ0n) is 15.2. The van der Waals surface area contributed by atoms with Gasteiger partial charge in [0.15, 0.2) is 0 Å². The summed E-state index contributed by atoms with van der Waals surface area (Å²) >= 11 is 0. The molecule has 3 aromatic rings. The molecule has 0 atom stereocenters. The fraction of sp³-hybridized carbons (Fsp3) is 0.400. The second-order valence-corrected chi connectivity index (χ2v) is 6.96. The van der Waals surface area contributed by atoms with Gasteiger partial charge in [-0.15, -0.1) is 0 Å². The van der Waals surface area contributed by atoms with Crippen molar-refractivity contribution in [1.29, 1.82) is 0 Å². The van der Waals surface area contributed by atoms with Crippen LogP contribution >= 0.6 is 0 Å². The van der Waals surface area contributed by atoms with Crippen molar-refractivity contribution in [3.8, 4) is 11.4 Å². The molecule has 1 aromatic carbocycles. The molecular weight excluding hydrogens is 326 g/mol. The molecule has 4 rings (SSSR count). The Bertz CT molecular complexity index is 826. The van der Waals surface area contributed by atoms with Crippen LogP contribution in [0.25, 0.3) is 11.4 Å². The molecule has 1 saturated heterocycles. The van der Waals surface area contributed by atoms with Gasteiger partial charge in [-0.1, -0.05) is 35.5 Å². The number of aryl methyl sites for hydroxylation is 1. The van der Waals surface area contributed by atoms with Crippen LogP contribution in [0, 0.1) is 6.92 Å². The first-order chi connectivity index (χ1) is 12.8. The molecule has 0 radical (unpaired) electrons. The molecule has 1 N–H and O–H groups in total. The van der Waals surface area contributed by atoms with E-state index in [9.17, 15) is 0 Å². The number of H-pyrrole nitrogens is 1. The minimum absolute atomic E-state index is 0.868. The number of rotatable bonds is 5. The zero-order chi connectivity index (χ0) is 17.8. The van der Waals surface area contributed by atoms with Crippen LogP contribution in [-0.2, 0) is 13.1 Å². The van der Waals surface area contributed by atoms with Crippen LogP contribution < -0.4 is 0 Å². The molecule has 26 heavy (non-hydrogen) atoms. The van der Waals surface area contributed by atoms with E-state index in [2.05, 4.69) is 37.1 Å². The van der Waals surface area contributed by atoms with E-state index < -0.39 is 0 Å². The summed E-state index contributed by atoms with van der Waals surface area (Å²) in [6, 6.07) is 12.3. The highest BCUT2D eigenvalue weighted by molar-refractivity contribution is 5.54. The zero-order valence-corrected chi connectivity index (χ0v) is 15.2. The molecule has 0 unspecified atom stereocenters. The maximum absolute atomic E-state index is 5.18. The van der Waals surface area contributed by atoms with Crippen molar-refractivity contribution in [3.63, 3.8) is 0 Å². The Balaban J connectivity index is 1.33. The molecule has 0 saturated carbocycles. The van der Waals surface area contributed by atoms with Crippen LogP contribution in [-0.4, -0.2) is 51.1 Å². The maximum atomic E-state index is 5.18. The Morgan fingerprint density at radius 2 is 1.81 bits per heavy atom. The molecule has 6 nitrogen and oxygen atoms in total. The number of hydrogen-bond donors (Lipinski definition) is 1. The van der Waals surface area contributed by atoms with E-state index in [1.54, 1.807) is 0 Å². The molecule has 3 heterocycles. The van der Waals surface area contributed by atoms with E-state index in [-0.39, 0.29) is 0 Å². The van der Waals surface area contributed by atoms with Gasteiger partial charge >= 0.3 is 0 Å². The summed E-state index contributed by atoms with van der Waals surface area (Å²) in [5.41, 5.74) is 3.32. The van der Waals surface area contributed by atoms with Gasteiger partial charge in [-0.25, -0.2) is 4.98 Å². The first-order valence-corrected chi connectivity index (χ1v) is 9.22. The van der Waals surface area contributed by atoms with Gasteiger partial charge in [0, 0.05) is 49.7 Å². The molecular formula is C20H25N5O. The minimum atomic E-state index is 0.868. The van der Waals surface area contributed by atoms with Crippen molar-refractivity contribution in [2.24, 2.45) is 0 Å². The third-order valence-electron chi connectivity index (χ3n) is 4.81. The molecule has 2 aromatic heterocycles. The quantitative estimate of drug-likeness (QED) is 0.765. The summed E-state index contributed by atoms with van der Waals surface area (Å²) < 4.78 is 5.18. The lowest BCUT2D eigenvalue weighted by molar-refractivity contribution is 0.241. The van der Waals surface area contributed by atoms with Gasteiger partial charge in [-0.3, -0.25) is 9.80 Å². The number of hydrogen-bond acceptors (Lipinski definition) is 5. The van der Waals surface area contributed by atoms with E-state index in [0.29, 0.717) is 0 Å². The SMILES string of the molecule is Cc1cc(CN2CCCN(Cc3cnc(-c4ccccc4)[nH]3)CC2)no1. The Labute approximate surface area is 153 Å². The van der Waals surface area contributed by atoms with Crippen LogP contribution in [0.2, 0.25) is 0 Å². The molecule has 0 bridgehead atoms. The second kappa shape index (κ2) is 7.85. The Hall–Kier alpha value is -2.44. The van der Waals surface area contributed by atoms with Gasteiger partial charge in [-0.2, -0.15) is 0 Å². The third-order valence-corrected chi connectivity index (χ3v) is 4.81. The molecule has 6 heteroatoms. The van der Waals surface area contributed by atoms with E-state index >= 15 is 0 Å². The van der Waals surface area contributed by atoms with Crippen molar-refractivity contribution in [2.45, 2.75) is 26.4 Å². The molecule has 0 spiro atoms. The highest BCUT2D eigenvalue weighted by atomic mass is 16.5. The average molecular weight is 351 g/mol. The third kappa shape index (κ3) is 4.20. The van der Waals surface area contributed by atoms with Crippen LogP contribution in [0.4, 0.5) is 0 Å². The van der Waals surface area contributed by atoms with Crippen molar-refractivity contribution >= 4 is 0 Å². The minimum Gasteiger partial charge on any atom is -0.361 e. The van der Waals surface area contributed by atoms with Crippen LogP contribution in [0.5, 0.6) is 0 Å². The predicted octanol–water partition coefficient (Wildman–Crippen LogP) is 3.08. The van der Waals surface area contributed by atoms with Gasteiger partial charge in [-0.05, 0) is 26.4 Å². The highest BCUT2D eigenvalue weighted by Gasteiger charge is 2.17. The van der Waals surface area contributed by atoms with Crippen LogP contribution in [0.3, 0.4) is 0 Å². The summed E-state index contributed by atoms with van der Waals surface area (Å²) in [5, 5.41) is 4.12. The summed E-state index contributed by atoms with van der Waals surface area (Å²) in [5.74, 6) is 1.82. The predicted molar refractivity (Wildman–Crippen MR) is 100 cm³/mol. The average Bonchev–Trinajstić information content (AvgIpc) is 3.22. The van der Waals surface area contributed by atoms with Crippen molar-refractivity contribution in [3.05, 3.63) is 59.7 Å². The Kier molecular flexibility index (Phi) is 5.13. The van der Waals surface area contributed by atoms with E-state index in [1.807, 2.05) is 37.4 Å². The van der Waals surface area contributed by atoms with Crippen LogP contribution in [0.15, 0.2) is 47.1 Å². The number of nitrogens with zero attached hydrogens (tertiary/aromatic N) is 4. The maximum Gasteiger partial charge on any atom is 0.137 e. The molecule has 136 valence electrons. The fourth-order valence-electron chi connectivity index (χ4n) is 3.49. The molecule has 1 aliphatic heterocycles. The van der Waals surface area contributed by atoms with Gasteiger partial charge < -0.3 is 9.51 Å². The Morgan fingerprint density at radius 1 is 1.04 bits per heavy atom. The second-order valence-electron chi connectivity index (χ2n) is 6.96. The topological polar surface area (TPSA) is 61.2 Å². The van der Waals surface area contributed by atoms with Crippen molar-refractivity contribution < 1.29 is 4.52 Å². The molecule has 0 amide bonds. The largest absolute Gasteiger partial charge is 0.361 e. The van der Waals surface area contributed by atoms with Crippen molar-refractivity contribution in [1.82, 2.24) is 24.9 Å². The first kappa shape index (κ1) is 17.0. The number of nitrogens with one attached hydrogen (secondary N) is 1. The molecule has 0 aliphatic carbocycles. The summed E-state index contributed by atoms with van der Waals surface area (Å²) in [7, 11) is 0. The van der Waals surface area contributed by atoms with E-state index in [4.69, 9.17) is 4.52 Å². The number of aromatic amines is 1.